The summed E-state index contributed by atoms with van der Waals surface area (Å²) < 4.78 is 0. The van der Waals surface area contributed by atoms with E-state index in [2.05, 4.69) is 20.1 Å². The van der Waals surface area contributed by atoms with Gasteiger partial charge in [0.1, 0.15) is 0 Å². The van der Waals surface area contributed by atoms with Crippen LogP contribution >= 0.6 is 24.0 Å². The number of aliphatic imine (C=N–C) groups is 1. The smallest absolute Gasteiger partial charge is 0.193 e. The minimum absolute atomic E-state index is 0. The maximum absolute atomic E-state index is 4.54. The van der Waals surface area contributed by atoms with Gasteiger partial charge in [0.25, 0.3) is 0 Å². The van der Waals surface area contributed by atoms with E-state index in [4.69, 9.17) is 0 Å². The maximum Gasteiger partial charge on any atom is 0.193 e. The zero-order valence-electron chi connectivity index (χ0n) is 15.6. The molecule has 0 amide bonds. The van der Waals surface area contributed by atoms with Gasteiger partial charge < -0.3 is 15.1 Å². The Morgan fingerprint density at radius 1 is 0.958 bits per heavy atom. The molecule has 0 bridgehead atoms. The van der Waals surface area contributed by atoms with Crippen LogP contribution in [0.5, 0.6) is 0 Å². The van der Waals surface area contributed by atoms with Gasteiger partial charge in [0, 0.05) is 26.7 Å². The average Bonchev–Trinajstić information content (AvgIpc) is 3.22. The van der Waals surface area contributed by atoms with E-state index in [9.17, 15) is 0 Å². The molecule has 0 aromatic heterocycles. The largest absolute Gasteiger partial charge is 0.356 e. The van der Waals surface area contributed by atoms with Gasteiger partial charge in [0.05, 0.1) is 0 Å². The molecule has 3 aliphatic rings. The molecule has 1 saturated carbocycles. The second-order valence-electron chi connectivity index (χ2n) is 7.96. The lowest BCUT2D eigenvalue weighted by atomic mass is 9.73. The molecule has 0 aromatic rings. The minimum Gasteiger partial charge on any atom is -0.356 e. The number of nitrogens with one attached hydrogen (secondary N) is 1. The van der Waals surface area contributed by atoms with Crippen molar-refractivity contribution < 1.29 is 0 Å². The normalized spacial score (nSPS) is 24.4. The second-order valence-corrected chi connectivity index (χ2v) is 7.96. The quantitative estimate of drug-likeness (QED) is 0.301. The van der Waals surface area contributed by atoms with Crippen molar-refractivity contribution in [2.24, 2.45) is 10.4 Å². The van der Waals surface area contributed by atoms with Crippen LogP contribution in [-0.2, 0) is 0 Å². The summed E-state index contributed by atoms with van der Waals surface area (Å²) in [5.74, 6) is 1.15. The average molecular weight is 448 g/mol. The molecule has 3 rings (SSSR count). The fourth-order valence-corrected chi connectivity index (χ4v) is 4.82. The van der Waals surface area contributed by atoms with Crippen LogP contribution in [0.3, 0.4) is 0 Å². The third-order valence-corrected chi connectivity index (χ3v) is 6.25. The Kier molecular flexibility index (Phi) is 8.61. The molecule has 0 aromatic carbocycles. The van der Waals surface area contributed by atoms with Crippen molar-refractivity contribution in [2.45, 2.75) is 64.2 Å². The number of hydrogen-bond donors (Lipinski definition) is 1. The van der Waals surface area contributed by atoms with Gasteiger partial charge in [-0.3, -0.25) is 4.99 Å². The molecule has 0 atom stereocenters. The second kappa shape index (κ2) is 10.2. The molecular weight excluding hydrogens is 411 g/mol. The van der Waals surface area contributed by atoms with Crippen LogP contribution in [0, 0.1) is 5.41 Å². The summed E-state index contributed by atoms with van der Waals surface area (Å²) >= 11 is 0. The van der Waals surface area contributed by atoms with Gasteiger partial charge in [-0.05, 0) is 70.0 Å². The number of nitrogens with zero attached hydrogens (tertiary/aromatic N) is 3. The van der Waals surface area contributed by atoms with Crippen LogP contribution in [0.15, 0.2) is 4.99 Å². The van der Waals surface area contributed by atoms with Crippen molar-refractivity contribution in [3.63, 3.8) is 0 Å². The van der Waals surface area contributed by atoms with Crippen LogP contribution in [0.25, 0.3) is 0 Å². The van der Waals surface area contributed by atoms with Crippen LogP contribution in [0.4, 0.5) is 0 Å². The maximum atomic E-state index is 4.54. The predicted molar refractivity (Wildman–Crippen MR) is 113 cm³/mol. The number of halogens is 1. The van der Waals surface area contributed by atoms with Gasteiger partial charge in [-0.1, -0.05) is 19.3 Å². The molecule has 140 valence electrons. The van der Waals surface area contributed by atoms with Crippen LogP contribution in [-0.4, -0.2) is 62.1 Å². The molecule has 2 saturated heterocycles. The van der Waals surface area contributed by atoms with E-state index in [1.807, 2.05) is 7.05 Å². The molecule has 0 unspecified atom stereocenters. The first-order valence-corrected chi connectivity index (χ1v) is 9.99. The highest BCUT2D eigenvalue weighted by atomic mass is 127. The molecule has 3 fully saturated rings. The van der Waals surface area contributed by atoms with Gasteiger partial charge in [0.15, 0.2) is 5.96 Å². The fourth-order valence-electron chi connectivity index (χ4n) is 4.82. The highest BCUT2D eigenvalue weighted by Crippen LogP contribution is 2.43. The van der Waals surface area contributed by atoms with E-state index in [1.54, 1.807) is 0 Å². The van der Waals surface area contributed by atoms with Crippen LogP contribution in [0.1, 0.15) is 64.2 Å². The van der Waals surface area contributed by atoms with E-state index < -0.39 is 0 Å². The lowest BCUT2D eigenvalue weighted by Crippen LogP contribution is -2.42. The van der Waals surface area contributed by atoms with Gasteiger partial charge in [-0.2, -0.15) is 0 Å². The van der Waals surface area contributed by atoms with E-state index in [1.165, 1.54) is 96.9 Å². The molecule has 2 heterocycles. The minimum atomic E-state index is 0. The Morgan fingerprint density at radius 2 is 1.71 bits per heavy atom. The Morgan fingerprint density at radius 3 is 2.42 bits per heavy atom. The lowest BCUT2D eigenvalue weighted by molar-refractivity contribution is 0.203. The summed E-state index contributed by atoms with van der Waals surface area (Å²) in [6.07, 6.45) is 14.0. The Bertz CT molecular complexity index is 387. The number of hydrogen-bond acceptors (Lipinski definition) is 2. The molecule has 1 spiro atoms. The summed E-state index contributed by atoms with van der Waals surface area (Å²) in [7, 11) is 1.94. The molecule has 2 aliphatic heterocycles. The van der Waals surface area contributed by atoms with Crippen molar-refractivity contribution in [3.8, 4) is 0 Å². The van der Waals surface area contributed by atoms with E-state index in [0.29, 0.717) is 5.41 Å². The van der Waals surface area contributed by atoms with Gasteiger partial charge in [-0.25, -0.2) is 0 Å². The third-order valence-electron chi connectivity index (χ3n) is 6.25. The van der Waals surface area contributed by atoms with Crippen molar-refractivity contribution in [1.29, 1.82) is 0 Å². The molecule has 0 radical (unpaired) electrons. The van der Waals surface area contributed by atoms with E-state index in [0.717, 1.165) is 12.5 Å². The number of rotatable bonds is 5. The van der Waals surface area contributed by atoms with E-state index in [-0.39, 0.29) is 24.0 Å². The summed E-state index contributed by atoms with van der Waals surface area (Å²) in [5, 5.41) is 3.62. The number of guanidine groups is 1. The highest BCUT2D eigenvalue weighted by molar-refractivity contribution is 14.0. The third kappa shape index (κ3) is 5.48. The molecular formula is C19H37IN4. The van der Waals surface area contributed by atoms with Crippen molar-refractivity contribution in [2.75, 3.05) is 46.3 Å². The zero-order valence-corrected chi connectivity index (χ0v) is 17.9. The monoisotopic (exact) mass is 448 g/mol. The summed E-state index contributed by atoms with van der Waals surface area (Å²) in [6, 6.07) is 0. The first kappa shape index (κ1) is 20.3. The van der Waals surface area contributed by atoms with E-state index >= 15 is 0 Å². The first-order valence-electron chi connectivity index (χ1n) is 9.99. The standard InChI is InChI=1S/C19H36N4.HI/c1-20-18(21-12-5-6-13-22-14-7-8-15-22)23-16-11-19(17-23)9-3-2-4-10-19;/h2-17H2,1H3,(H,20,21);1H. The number of likely N-dealkylation sites (tertiary alicyclic amines) is 2. The Balaban J connectivity index is 0.00000208. The summed E-state index contributed by atoms with van der Waals surface area (Å²) in [6.45, 7) is 7.45. The highest BCUT2D eigenvalue weighted by Gasteiger charge is 2.39. The SMILES string of the molecule is CN=C(NCCCCN1CCCC1)N1CCC2(CCCCC2)C1.I. The molecule has 5 heteroatoms. The molecule has 4 nitrogen and oxygen atoms in total. The first-order chi connectivity index (χ1) is 11.3. The molecule has 1 N–H and O–H groups in total. The number of unbranched alkanes of at least 4 members (excludes halogenated alkanes) is 1. The van der Waals surface area contributed by atoms with Crippen molar-refractivity contribution in [3.05, 3.63) is 0 Å². The molecule has 1 aliphatic carbocycles. The zero-order chi connectivity index (χ0) is 16.0. The predicted octanol–water partition coefficient (Wildman–Crippen LogP) is 3.71. The summed E-state index contributed by atoms with van der Waals surface area (Å²) in [4.78, 5) is 9.68. The van der Waals surface area contributed by atoms with Crippen LogP contribution < -0.4 is 5.32 Å². The Labute approximate surface area is 165 Å². The van der Waals surface area contributed by atoms with Crippen molar-refractivity contribution in [1.82, 2.24) is 15.1 Å². The summed E-state index contributed by atoms with van der Waals surface area (Å²) in [5.41, 5.74) is 0.617. The van der Waals surface area contributed by atoms with Gasteiger partial charge >= 0.3 is 0 Å². The Hall–Kier alpha value is -0.0400. The fraction of sp³-hybridized carbons (Fsp3) is 0.947. The van der Waals surface area contributed by atoms with Gasteiger partial charge in [0.2, 0.25) is 0 Å². The lowest BCUT2D eigenvalue weighted by Gasteiger charge is -2.33. The molecule has 24 heavy (non-hydrogen) atoms. The van der Waals surface area contributed by atoms with Crippen molar-refractivity contribution >= 4 is 29.9 Å². The van der Waals surface area contributed by atoms with Gasteiger partial charge in [-0.15, -0.1) is 24.0 Å². The topological polar surface area (TPSA) is 30.9 Å². The van der Waals surface area contributed by atoms with Crippen LogP contribution in [0.2, 0.25) is 0 Å².